The maximum absolute atomic E-state index is 14.1. The number of aryl methyl sites for hydroxylation is 1. The molecule has 0 aromatic heterocycles. The van der Waals surface area contributed by atoms with Crippen LogP contribution in [0.5, 0.6) is 0 Å². The first-order chi connectivity index (χ1) is 12.7. The minimum absolute atomic E-state index is 0.0313. The Morgan fingerprint density at radius 3 is 2.41 bits per heavy atom. The normalized spacial score (nSPS) is 23.3. The lowest BCUT2D eigenvalue weighted by atomic mass is 9.76. The molecule has 1 fully saturated rings. The summed E-state index contributed by atoms with van der Waals surface area (Å²) in [6, 6.07) is 11.0. The molecule has 27 heavy (non-hydrogen) atoms. The van der Waals surface area contributed by atoms with Crippen LogP contribution in [0.2, 0.25) is 5.02 Å². The van der Waals surface area contributed by atoms with Crippen LogP contribution in [0.25, 0.3) is 0 Å². The Bertz CT molecular complexity index is 904. The number of hydrogen-bond donors (Lipinski definition) is 1. The smallest absolute Gasteiger partial charge is 0.297 e. The molecule has 0 spiro atoms. The third-order valence-corrected chi connectivity index (χ3v) is 6.62. The fourth-order valence-electron chi connectivity index (χ4n) is 3.40. The minimum Gasteiger partial charge on any atom is -0.387 e. The van der Waals surface area contributed by atoms with Crippen molar-refractivity contribution in [1.82, 2.24) is 0 Å². The second-order valence-corrected chi connectivity index (χ2v) is 9.25. The Kier molecular flexibility index (Phi) is 5.91. The molecule has 4 nitrogen and oxygen atoms in total. The summed E-state index contributed by atoms with van der Waals surface area (Å²) >= 11 is 5.79. The Morgan fingerprint density at radius 1 is 1.19 bits per heavy atom. The topological polar surface area (TPSA) is 63.6 Å². The lowest BCUT2D eigenvalue weighted by molar-refractivity contribution is -0.0363. The van der Waals surface area contributed by atoms with E-state index >= 15 is 0 Å². The van der Waals surface area contributed by atoms with Gasteiger partial charge in [-0.25, -0.2) is 4.39 Å². The molecule has 146 valence electrons. The molecule has 0 amide bonds. The standard InChI is InChI=1S/C20H22ClFO4S/c1-14-2-5-17(6-3-14)27(24,25)26-13-20(23)10-8-15(9-11-20)18-7-4-16(21)12-19(18)22/h2-7,12,15,23H,8-11,13H2,1H3. The van der Waals surface area contributed by atoms with Crippen LogP contribution in [0.3, 0.4) is 0 Å². The van der Waals surface area contributed by atoms with Crippen molar-refractivity contribution >= 4 is 21.7 Å². The fourth-order valence-corrected chi connectivity index (χ4v) is 4.54. The quantitative estimate of drug-likeness (QED) is 0.730. The van der Waals surface area contributed by atoms with Crippen molar-refractivity contribution in [2.75, 3.05) is 6.61 Å². The summed E-state index contributed by atoms with van der Waals surface area (Å²) in [6.07, 6.45) is 1.76. The van der Waals surface area contributed by atoms with Gasteiger partial charge in [0, 0.05) is 5.02 Å². The van der Waals surface area contributed by atoms with E-state index in [9.17, 15) is 17.9 Å². The number of benzene rings is 2. The highest BCUT2D eigenvalue weighted by atomic mass is 35.5. The summed E-state index contributed by atoms with van der Waals surface area (Å²) in [6.45, 7) is 1.56. The van der Waals surface area contributed by atoms with E-state index in [1.54, 1.807) is 24.3 Å². The average molecular weight is 413 g/mol. The van der Waals surface area contributed by atoms with E-state index in [0.717, 1.165) is 5.56 Å². The van der Waals surface area contributed by atoms with E-state index in [4.69, 9.17) is 15.8 Å². The molecule has 7 heteroatoms. The molecule has 0 unspecified atom stereocenters. The first kappa shape index (κ1) is 20.3. The van der Waals surface area contributed by atoms with Gasteiger partial charge in [0.15, 0.2) is 0 Å². The minimum atomic E-state index is -3.93. The molecule has 0 bridgehead atoms. The molecular formula is C20H22ClFO4S. The summed E-state index contributed by atoms with van der Waals surface area (Å²) in [5, 5.41) is 11.0. The number of rotatable bonds is 5. The maximum atomic E-state index is 14.1. The average Bonchev–Trinajstić information content (AvgIpc) is 2.62. The monoisotopic (exact) mass is 412 g/mol. The highest BCUT2D eigenvalue weighted by molar-refractivity contribution is 7.86. The van der Waals surface area contributed by atoms with Crippen molar-refractivity contribution in [3.8, 4) is 0 Å². The van der Waals surface area contributed by atoms with Crippen LogP contribution >= 0.6 is 11.6 Å². The zero-order valence-electron chi connectivity index (χ0n) is 15.0. The molecule has 0 saturated heterocycles. The molecule has 0 radical (unpaired) electrons. The molecule has 3 rings (SSSR count). The van der Waals surface area contributed by atoms with Crippen molar-refractivity contribution in [1.29, 1.82) is 0 Å². The zero-order chi connectivity index (χ0) is 19.7. The van der Waals surface area contributed by atoms with Crippen LogP contribution in [-0.2, 0) is 14.3 Å². The van der Waals surface area contributed by atoms with E-state index in [1.807, 2.05) is 6.92 Å². The SMILES string of the molecule is Cc1ccc(S(=O)(=O)OCC2(O)CCC(c3ccc(Cl)cc3F)CC2)cc1. The molecular weight excluding hydrogens is 391 g/mol. The van der Waals surface area contributed by atoms with Gasteiger partial charge >= 0.3 is 0 Å². The summed E-state index contributed by atoms with van der Waals surface area (Å²) in [5.74, 6) is -0.382. The molecule has 2 aromatic carbocycles. The van der Waals surface area contributed by atoms with Gasteiger partial charge in [-0.2, -0.15) is 8.42 Å². The van der Waals surface area contributed by atoms with Gasteiger partial charge < -0.3 is 5.11 Å². The van der Waals surface area contributed by atoms with Crippen molar-refractivity contribution in [3.63, 3.8) is 0 Å². The van der Waals surface area contributed by atoms with E-state index in [1.165, 1.54) is 18.2 Å². The summed E-state index contributed by atoms with van der Waals surface area (Å²) in [4.78, 5) is 0.0635. The largest absolute Gasteiger partial charge is 0.387 e. The van der Waals surface area contributed by atoms with Gasteiger partial charge in [-0.3, -0.25) is 4.18 Å². The second-order valence-electron chi connectivity index (χ2n) is 7.19. The van der Waals surface area contributed by atoms with Gasteiger partial charge in [-0.15, -0.1) is 0 Å². The lowest BCUT2D eigenvalue weighted by Gasteiger charge is -2.35. The van der Waals surface area contributed by atoms with Crippen molar-refractivity contribution < 1.29 is 22.1 Å². The van der Waals surface area contributed by atoms with Gasteiger partial charge in [0.05, 0.1) is 17.1 Å². The Hall–Kier alpha value is -1.47. The van der Waals surface area contributed by atoms with E-state index in [-0.39, 0.29) is 23.2 Å². The van der Waals surface area contributed by atoms with Gasteiger partial charge in [-0.05, 0) is 68.4 Å². The van der Waals surface area contributed by atoms with Crippen molar-refractivity contribution in [2.45, 2.75) is 49.0 Å². The van der Waals surface area contributed by atoms with E-state index < -0.39 is 15.7 Å². The van der Waals surface area contributed by atoms with Gasteiger partial charge in [0.25, 0.3) is 10.1 Å². The Labute approximate surface area is 164 Å². The lowest BCUT2D eigenvalue weighted by Crippen LogP contribution is -2.39. The summed E-state index contributed by atoms with van der Waals surface area (Å²) < 4.78 is 43.8. The van der Waals surface area contributed by atoms with Gasteiger partial charge in [0.2, 0.25) is 0 Å². The number of aliphatic hydroxyl groups is 1. The highest BCUT2D eigenvalue weighted by Gasteiger charge is 2.36. The van der Waals surface area contributed by atoms with Crippen LogP contribution in [0, 0.1) is 12.7 Å². The first-order valence-corrected chi connectivity index (χ1v) is 10.6. The zero-order valence-corrected chi connectivity index (χ0v) is 16.6. The predicted molar refractivity (Wildman–Crippen MR) is 102 cm³/mol. The van der Waals surface area contributed by atoms with Crippen molar-refractivity contribution in [3.05, 3.63) is 64.4 Å². The van der Waals surface area contributed by atoms with Crippen LogP contribution in [0.4, 0.5) is 4.39 Å². The molecule has 1 N–H and O–H groups in total. The van der Waals surface area contributed by atoms with Crippen molar-refractivity contribution in [2.24, 2.45) is 0 Å². The number of halogens is 2. The molecule has 1 aliphatic rings. The highest BCUT2D eigenvalue weighted by Crippen LogP contribution is 2.39. The third kappa shape index (κ3) is 4.88. The van der Waals surface area contributed by atoms with E-state index in [2.05, 4.69) is 0 Å². The molecule has 0 atom stereocenters. The predicted octanol–water partition coefficient (Wildman–Crippen LogP) is 4.58. The molecule has 1 aliphatic carbocycles. The fraction of sp³-hybridized carbons (Fsp3) is 0.400. The van der Waals surface area contributed by atoms with E-state index in [0.29, 0.717) is 36.3 Å². The Balaban J connectivity index is 1.61. The third-order valence-electron chi connectivity index (χ3n) is 5.11. The Morgan fingerprint density at radius 2 is 1.81 bits per heavy atom. The molecule has 2 aromatic rings. The molecule has 0 aliphatic heterocycles. The second kappa shape index (κ2) is 7.87. The number of hydrogen-bond acceptors (Lipinski definition) is 4. The summed E-state index contributed by atoms with van der Waals surface area (Å²) in [7, 11) is -3.93. The summed E-state index contributed by atoms with van der Waals surface area (Å²) in [5.41, 5.74) is 0.284. The molecule has 0 heterocycles. The van der Waals surface area contributed by atoms with Crippen LogP contribution < -0.4 is 0 Å². The van der Waals surface area contributed by atoms with Crippen LogP contribution in [0.15, 0.2) is 47.4 Å². The van der Waals surface area contributed by atoms with Gasteiger partial charge in [-0.1, -0.05) is 35.4 Å². The molecule has 1 saturated carbocycles. The first-order valence-electron chi connectivity index (χ1n) is 8.82. The van der Waals surface area contributed by atoms with Crippen LogP contribution in [0.1, 0.15) is 42.7 Å². The maximum Gasteiger partial charge on any atom is 0.297 e. The van der Waals surface area contributed by atoms with Gasteiger partial charge in [0.1, 0.15) is 5.82 Å². The van der Waals surface area contributed by atoms with Crippen LogP contribution in [-0.4, -0.2) is 25.7 Å².